The Kier molecular flexibility index (Phi) is 6.00. The first kappa shape index (κ1) is 21.6. The Morgan fingerprint density at radius 2 is 1.94 bits per heavy atom. The van der Waals surface area contributed by atoms with Crippen molar-refractivity contribution in [1.29, 1.82) is 0 Å². The number of pyridine rings is 1. The number of hydrogen-bond donors (Lipinski definition) is 1. The summed E-state index contributed by atoms with van der Waals surface area (Å²) in [5, 5.41) is 8.28. The van der Waals surface area contributed by atoms with Crippen LogP contribution in [0.15, 0.2) is 42.6 Å². The van der Waals surface area contributed by atoms with Gasteiger partial charge in [-0.2, -0.15) is 5.10 Å². The minimum absolute atomic E-state index is 0.159. The number of fused-ring (bicyclic) bond motifs is 1. The number of benzene rings is 1. The Hall–Kier alpha value is -3.59. The molecule has 9 heteroatoms. The monoisotopic (exact) mass is 449 g/mol. The van der Waals surface area contributed by atoms with Crippen molar-refractivity contribution in [2.45, 2.75) is 33.7 Å². The summed E-state index contributed by atoms with van der Waals surface area (Å²) in [4.78, 5) is 35.0. The Balaban J connectivity index is 1.67. The van der Waals surface area contributed by atoms with Crippen LogP contribution < -0.4 is 5.32 Å². The summed E-state index contributed by atoms with van der Waals surface area (Å²) in [5.41, 5.74) is 3.00. The molecule has 4 aromatic rings. The number of ether oxygens (including phenoxy) is 1. The highest BCUT2D eigenvalue weighted by Crippen LogP contribution is 2.32. The number of aromatic nitrogens is 4. The second-order valence-corrected chi connectivity index (χ2v) is 8.45. The first-order valence-electron chi connectivity index (χ1n) is 10.3. The Bertz CT molecular complexity index is 1290. The maximum atomic E-state index is 13.0. The average molecular weight is 450 g/mol. The van der Waals surface area contributed by atoms with Crippen molar-refractivity contribution in [1.82, 2.24) is 19.7 Å². The van der Waals surface area contributed by atoms with Crippen LogP contribution in [0.1, 0.15) is 52.5 Å². The molecule has 0 unspecified atom stereocenters. The zero-order chi connectivity index (χ0) is 22.8. The maximum Gasteiger partial charge on any atom is 0.350 e. The van der Waals surface area contributed by atoms with Gasteiger partial charge in [-0.05, 0) is 33.8 Å². The summed E-state index contributed by atoms with van der Waals surface area (Å²) in [6, 6.07) is 11.3. The molecule has 0 atom stereocenters. The zero-order valence-corrected chi connectivity index (χ0v) is 19.1. The molecule has 0 aliphatic heterocycles. The summed E-state index contributed by atoms with van der Waals surface area (Å²) in [5.74, 6) is -0.817. The van der Waals surface area contributed by atoms with E-state index in [1.165, 1.54) is 0 Å². The number of carbonyl (C=O) groups is 2. The van der Waals surface area contributed by atoms with E-state index in [0.29, 0.717) is 27.0 Å². The van der Waals surface area contributed by atoms with Gasteiger partial charge in [-0.3, -0.25) is 10.1 Å². The fourth-order valence-electron chi connectivity index (χ4n) is 3.34. The zero-order valence-electron chi connectivity index (χ0n) is 18.2. The molecule has 3 heterocycles. The molecule has 1 N–H and O–H groups in total. The lowest BCUT2D eigenvalue weighted by Crippen LogP contribution is -2.14. The lowest BCUT2D eigenvalue weighted by Gasteiger charge is -2.09. The molecule has 1 amide bonds. The number of amides is 1. The van der Waals surface area contributed by atoms with Crippen LogP contribution in [0, 0.1) is 6.92 Å². The number of rotatable bonds is 6. The fraction of sp³-hybridized carbons (Fsp3) is 0.261. The molecule has 8 nitrogen and oxygen atoms in total. The first-order chi connectivity index (χ1) is 15.4. The second-order valence-electron chi connectivity index (χ2n) is 7.45. The number of carbonyl (C=O) groups excluding carboxylic acids is 2. The second kappa shape index (κ2) is 8.88. The number of nitrogens with zero attached hydrogens (tertiary/aromatic N) is 4. The highest BCUT2D eigenvalue weighted by molar-refractivity contribution is 7.18. The van der Waals surface area contributed by atoms with E-state index in [-0.39, 0.29) is 18.6 Å². The smallest absolute Gasteiger partial charge is 0.350 e. The van der Waals surface area contributed by atoms with Crippen molar-refractivity contribution in [3.8, 4) is 11.3 Å². The van der Waals surface area contributed by atoms with Crippen LogP contribution in [-0.4, -0.2) is 38.2 Å². The molecule has 0 bridgehead atoms. The molecular weight excluding hydrogens is 426 g/mol. The number of anilines is 1. The van der Waals surface area contributed by atoms with Gasteiger partial charge >= 0.3 is 5.97 Å². The van der Waals surface area contributed by atoms with E-state index in [1.54, 1.807) is 26.1 Å². The predicted octanol–water partition coefficient (Wildman–Crippen LogP) is 4.87. The highest BCUT2D eigenvalue weighted by atomic mass is 32.1. The molecular formula is C23H23N5O3S. The van der Waals surface area contributed by atoms with Crippen molar-refractivity contribution in [2.24, 2.45) is 0 Å². The average Bonchev–Trinajstić information content (AvgIpc) is 3.38. The van der Waals surface area contributed by atoms with Crippen molar-refractivity contribution in [3.05, 3.63) is 58.7 Å². The Morgan fingerprint density at radius 3 is 2.62 bits per heavy atom. The predicted molar refractivity (Wildman–Crippen MR) is 124 cm³/mol. The molecule has 0 saturated carbocycles. The van der Waals surface area contributed by atoms with Crippen molar-refractivity contribution < 1.29 is 14.3 Å². The molecule has 0 aliphatic rings. The van der Waals surface area contributed by atoms with Crippen molar-refractivity contribution >= 4 is 39.4 Å². The van der Waals surface area contributed by atoms with Gasteiger partial charge in [-0.1, -0.05) is 41.7 Å². The number of hydrogen-bond acceptors (Lipinski definition) is 7. The van der Waals surface area contributed by atoms with Gasteiger partial charge in [0.2, 0.25) is 0 Å². The first-order valence-corrected chi connectivity index (χ1v) is 11.1. The quantitative estimate of drug-likeness (QED) is 0.422. The van der Waals surface area contributed by atoms with E-state index >= 15 is 0 Å². The third kappa shape index (κ3) is 4.11. The van der Waals surface area contributed by atoms with Gasteiger partial charge in [-0.15, -0.1) is 0 Å². The third-order valence-electron chi connectivity index (χ3n) is 4.85. The van der Waals surface area contributed by atoms with Crippen LogP contribution in [0.4, 0.5) is 5.13 Å². The number of aryl methyl sites for hydroxylation is 1. The minimum atomic E-state index is -0.468. The summed E-state index contributed by atoms with van der Waals surface area (Å²) in [6.07, 6.45) is 1.70. The Morgan fingerprint density at radius 1 is 1.19 bits per heavy atom. The molecule has 32 heavy (non-hydrogen) atoms. The van der Waals surface area contributed by atoms with Crippen LogP contribution >= 0.6 is 11.3 Å². The van der Waals surface area contributed by atoms with Gasteiger partial charge in [0, 0.05) is 17.0 Å². The topological polar surface area (TPSA) is 99.0 Å². The van der Waals surface area contributed by atoms with E-state index in [1.807, 2.05) is 48.9 Å². The standard InChI is InChI=1S/C23H23N5O3S/c1-5-31-22(30)19-18(15-9-7-6-8-10-15)26-23(32-19)27-21(29)17-11-16-12-24-28(13(2)3)20(16)25-14(17)4/h6-13H,5H2,1-4H3,(H,26,27,29). The number of thiazole rings is 1. The number of esters is 1. The summed E-state index contributed by atoms with van der Waals surface area (Å²) in [6.45, 7) is 7.84. The molecule has 0 fully saturated rings. The van der Waals surface area contributed by atoms with Crippen LogP contribution in [0.3, 0.4) is 0 Å². The van der Waals surface area contributed by atoms with Crippen LogP contribution in [0.5, 0.6) is 0 Å². The minimum Gasteiger partial charge on any atom is -0.462 e. The summed E-state index contributed by atoms with van der Waals surface area (Å²) in [7, 11) is 0. The molecule has 3 aromatic heterocycles. The van der Waals surface area contributed by atoms with Gasteiger partial charge in [0.05, 0.1) is 29.8 Å². The lowest BCUT2D eigenvalue weighted by molar-refractivity contribution is 0.0532. The normalized spacial score (nSPS) is 11.2. The van der Waals surface area contributed by atoms with Gasteiger partial charge in [0.1, 0.15) is 4.88 Å². The molecule has 0 aliphatic carbocycles. The van der Waals surface area contributed by atoms with Crippen LogP contribution in [0.25, 0.3) is 22.3 Å². The summed E-state index contributed by atoms with van der Waals surface area (Å²) >= 11 is 1.09. The van der Waals surface area contributed by atoms with E-state index < -0.39 is 5.97 Å². The maximum absolute atomic E-state index is 13.0. The van der Waals surface area contributed by atoms with Crippen molar-refractivity contribution in [2.75, 3.05) is 11.9 Å². The van der Waals surface area contributed by atoms with Gasteiger partial charge in [-0.25, -0.2) is 19.4 Å². The lowest BCUT2D eigenvalue weighted by atomic mass is 10.1. The van der Waals surface area contributed by atoms with Gasteiger partial charge in [0.25, 0.3) is 5.91 Å². The van der Waals surface area contributed by atoms with E-state index in [9.17, 15) is 9.59 Å². The fourth-order valence-corrected chi connectivity index (χ4v) is 4.21. The van der Waals surface area contributed by atoms with Crippen LogP contribution in [0.2, 0.25) is 0 Å². The third-order valence-corrected chi connectivity index (χ3v) is 5.80. The van der Waals surface area contributed by atoms with Crippen LogP contribution in [-0.2, 0) is 4.74 Å². The molecule has 0 spiro atoms. The van der Waals surface area contributed by atoms with E-state index in [4.69, 9.17) is 4.74 Å². The van der Waals surface area contributed by atoms with Gasteiger partial charge < -0.3 is 4.74 Å². The molecule has 4 rings (SSSR count). The molecule has 0 saturated heterocycles. The molecule has 164 valence electrons. The van der Waals surface area contributed by atoms with E-state index in [0.717, 1.165) is 27.9 Å². The molecule has 0 radical (unpaired) electrons. The Labute approximate surface area is 189 Å². The SMILES string of the molecule is CCOC(=O)c1sc(NC(=O)c2cc3cnn(C(C)C)c3nc2C)nc1-c1ccccc1. The largest absolute Gasteiger partial charge is 0.462 e. The van der Waals surface area contributed by atoms with E-state index in [2.05, 4.69) is 20.4 Å². The number of nitrogens with one attached hydrogen (secondary N) is 1. The molecule has 1 aromatic carbocycles. The highest BCUT2D eigenvalue weighted by Gasteiger charge is 2.23. The summed E-state index contributed by atoms with van der Waals surface area (Å²) < 4.78 is 7.00. The van der Waals surface area contributed by atoms with Crippen molar-refractivity contribution in [3.63, 3.8) is 0 Å². The van der Waals surface area contributed by atoms with Gasteiger partial charge in [0.15, 0.2) is 10.8 Å².